The Morgan fingerprint density at radius 3 is 2.56 bits per heavy atom. The number of rotatable bonds is 7. The zero-order valence-electron chi connectivity index (χ0n) is 20.3. The summed E-state index contributed by atoms with van der Waals surface area (Å²) in [5, 5.41) is 6.29. The van der Waals surface area contributed by atoms with Crippen molar-refractivity contribution in [1.29, 1.82) is 0 Å². The number of ether oxygens (including phenoxy) is 1. The number of anilines is 2. The Morgan fingerprint density at radius 1 is 1.15 bits per heavy atom. The van der Waals surface area contributed by atoms with Crippen LogP contribution in [0.25, 0.3) is 0 Å². The average Bonchev–Trinajstić information content (AvgIpc) is 3.10. The van der Waals surface area contributed by atoms with Crippen LogP contribution in [0, 0.1) is 11.6 Å². The third-order valence-corrected chi connectivity index (χ3v) is 6.18. The molecule has 0 unspecified atom stereocenters. The van der Waals surface area contributed by atoms with Gasteiger partial charge in [0, 0.05) is 44.5 Å². The number of urea groups is 1. The van der Waals surface area contributed by atoms with Gasteiger partial charge in [-0.25, -0.2) is 28.8 Å². The lowest BCUT2D eigenvalue weighted by Gasteiger charge is -2.25. The number of cyclic esters (lactones) is 1. The molecule has 0 spiro atoms. The van der Waals surface area contributed by atoms with Crippen molar-refractivity contribution in [1.82, 2.24) is 26.1 Å². The van der Waals surface area contributed by atoms with Crippen molar-refractivity contribution in [2.75, 3.05) is 49.1 Å². The van der Waals surface area contributed by atoms with Crippen LogP contribution in [0.15, 0.2) is 30.5 Å². The molecule has 2 fully saturated rings. The van der Waals surface area contributed by atoms with E-state index in [0.29, 0.717) is 5.15 Å². The summed E-state index contributed by atoms with van der Waals surface area (Å²) in [5.74, 6) is -3.41. The van der Waals surface area contributed by atoms with Crippen LogP contribution in [0.3, 0.4) is 0 Å². The fraction of sp³-hybridized carbons (Fsp3) is 0.391. The Hall–Kier alpha value is -3.85. The largest absolute Gasteiger partial charge is 0.442 e. The SMILES string of the molecule is O=C(NC[C@H]1CN(c2cc(F)c(N3CCNN(C(=O)NCc4ccc(Cl)nc4)CC3)c(F)c2)C(=O)O1)C(F)F. The van der Waals surface area contributed by atoms with E-state index < -0.39 is 42.2 Å². The molecule has 0 radical (unpaired) electrons. The Morgan fingerprint density at radius 2 is 1.90 bits per heavy atom. The van der Waals surface area contributed by atoms with Gasteiger partial charge in [-0.1, -0.05) is 17.7 Å². The van der Waals surface area contributed by atoms with Gasteiger partial charge in [0.05, 0.1) is 25.3 Å². The second kappa shape index (κ2) is 12.3. The first-order valence-corrected chi connectivity index (χ1v) is 12.2. The molecule has 3 heterocycles. The van der Waals surface area contributed by atoms with Crippen molar-refractivity contribution >= 4 is 41.0 Å². The van der Waals surface area contributed by atoms with Crippen LogP contribution in [-0.2, 0) is 16.1 Å². The number of hydrogen-bond donors (Lipinski definition) is 3. The van der Waals surface area contributed by atoms with Crippen LogP contribution in [-0.4, -0.2) is 79.8 Å². The quantitative estimate of drug-likeness (QED) is 0.343. The third kappa shape index (κ3) is 6.97. The molecule has 0 aliphatic carbocycles. The molecule has 2 aliphatic rings. The first-order valence-electron chi connectivity index (χ1n) is 11.8. The summed E-state index contributed by atoms with van der Waals surface area (Å²) >= 11 is 5.75. The number of nitrogens with one attached hydrogen (secondary N) is 3. The lowest BCUT2D eigenvalue weighted by Crippen LogP contribution is -2.48. The number of hydrazine groups is 1. The van der Waals surface area contributed by atoms with Crippen LogP contribution >= 0.6 is 11.6 Å². The molecule has 210 valence electrons. The van der Waals surface area contributed by atoms with Gasteiger partial charge < -0.3 is 20.3 Å². The summed E-state index contributed by atoms with van der Waals surface area (Å²) < 4.78 is 59.9. The fourth-order valence-electron chi connectivity index (χ4n) is 4.05. The summed E-state index contributed by atoms with van der Waals surface area (Å²) in [5.41, 5.74) is 3.18. The number of aromatic nitrogens is 1. The second-order valence-electron chi connectivity index (χ2n) is 8.61. The smallest absolute Gasteiger partial charge is 0.414 e. The summed E-state index contributed by atoms with van der Waals surface area (Å²) in [6, 6.07) is 4.80. The minimum Gasteiger partial charge on any atom is -0.442 e. The second-order valence-corrected chi connectivity index (χ2v) is 9.00. The Labute approximate surface area is 225 Å². The maximum Gasteiger partial charge on any atom is 0.414 e. The van der Waals surface area contributed by atoms with Gasteiger partial charge in [0.2, 0.25) is 0 Å². The number of amides is 4. The maximum absolute atomic E-state index is 15.1. The van der Waals surface area contributed by atoms with Crippen LogP contribution in [0.4, 0.5) is 38.5 Å². The van der Waals surface area contributed by atoms with Crippen LogP contribution in [0.1, 0.15) is 5.56 Å². The Kier molecular flexibility index (Phi) is 8.91. The van der Waals surface area contributed by atoms with E-state index in [0.717, 1.165) is 22.6 Å². The maximum atomic E-state index is 15.1. The van der Waals surface area contributed by atoms with Crippen molar-refractivity contribution in [3.63, 3.8) is 0 Å². The number of carbonyl (C=O) groups is 3. The molecular formula is C23H24ClF4N7O4. The Balaban J connectivity index is 1.36. The summed E-state index contributed by atoms with van der Waals surface area (Å²) in [4.78, 5) is 42.1. The number of alkyl halides is 2. The van der Waals surface area contributed by atoms with Gasteiger partial charge in [0.25, 0.3) is 5.91 Å². The van der Waals surface area contributed by atoms with E-state index in [1.165, 1.54) is 16.1 Å². The predicted molar refractivity (Wildman–Crippen MR) is 131 cm³/mol. The van der Waals surface area contributed by atoms with Crippen molar-refractivity contribution in [3.8, 4) is 0 Å². The molecule has 11 nitrogen and oxygen atoms in total. The number of carbonyl (C=O) groups excluding carboxylic acids is 3. The highest BCUT2D eigenvalue weighted by Gasteiger charge is 2.34. The van der Waals surface area contributed by atoms with E-state index >= 15 is 8.78 Å². The molecule has 1 aromatic heterocycles. The van der Waals surface area contributed by atoms with E-state index in [-0.39, 0.29) is 57.2 Å². The standard InChI is InChI=1S/C23H24ClF4N7O4/c24-18-2-1-13(9-29-18)10-31-22(37)35-6-5-33(4-3-32-35)19-16(25)7-14(8-17(19)26)34-12-15(39-23(34)38)11-30-21(36)20(27)28/h1-2,7-9,15,20,32H,3-6,10-12H2,(H,30,36)(H,31,37)/t15-/m0/s1. The first-order chi connectivity index (χ1) is 18.6. The zero-order chi connectivity index (χ0) is 28.1. The van der Waals surface area contributed by atoms with Gasteiger partial charge in [-0.3, -0.25) is 14.7 Å². The topological polar surface area (TPSA) is 119 Å². The number of nitrogens with zero attached hydrogens (tertiary/aromatic N) is 4. The predicted octanol–water partition coefficient (Wildman–Crippen LogP) is 2.26. The molecular weight excluding hydrogens is 550 g/mol. The molecule has 3 N–H and O–H groups in total. The van der Waals surface area contributed by atoms with E-state index in [4.69, 9.17) is 16.3 Å². The third-order valence-electron chi connectivity index (χ3n) is 5.96. The molecule has 1 atom stereocenters. The van der Waals surface area contributed by atoms with Crippen LogP contribution in [0.2, 0.25) is 5.15 Å². The minimum atomic E-state index is -3.23. The van der Waals surface area contributed by atoms with Crippen molar-refractivity contribution < 1.29 is 36.7 Å². The summed E-state index contributed by atoms with van der Waals surface area (Å²) in [6.07, 6.45) is -3.61. The van der Waals surface area contributed by atoms with Crippen molar-refractivity contribution in [2.24, 2.45) is 0 Å². The van der Waals surface area contributed by atoms with Crippen LogP contribution < -0.4 is 25.9 Å². The van der Waals surface area contributed by atoms with E-state index in [1.54, 1.807) is 12.1 Å². The lowest BCUT2D eigenvalue weighted by molar-refractivity contribution is -0.132. The number of hydrogen-bond acceptors (Lipinski definition) is 7. The van der Waals surface area contributed by atoms with Gasteiger partial charge >= 0.3 is 18.5 Å². The average molecular weight is 574 g/mol. The normalized spacial score (nSPS) is 17.7. The summed E-state index contributed by atoms with van der Waals surface area (Å²) in [7, 11) is 0. The number of pyridine rings is 1. The molecule has 2 saturated heterocycles. The van der Waals surface area contributed by atoms with Gasteiger partial charge in [-0.05, 0) is 11.6 Å². The molecule has 16 heteroatoms. The molecule has 0 saturated carbocycles. The molecule has 1 aromatic carbocycles. The van der Waals surface area contributed by atoms with Gasteiger partial charge in [-0.15, -0.1) is 0 Å². The molecule has 0 bridgehead atoms. The highest BCUT2D eigenvalue weighted by atomic mass is 35.5. The van der Waals surface area contributed by atoms with Crippen LogP contribution in [0.5, 0.6) is 0 Å². The van der Waals surface area contributed by atoms with Crippen molar-refractivity contribution in [2.45, 2.75) is 19.1 Å². The molecule has 39 heavy (non-hydrogen) atoms. The number of benzene rings is 1. The van der Waals surface area contributed by atoms with E-state index in [1.807, 2.05) is 5.32 Å². The monoisotopic (exact) mass is 573 g/mol. The number of halogens is 5. The summed E-state index contributed by atoms with van der Waals surface area (Å²) in [6.45, 7) is 0.217. The highest BCUT2D eigenvalue weighted by Crippen LogP contribution is 2.31. The first kappa shape index (κ1) is 28.2. The minimum absolute atomic E-state index is 0.105. The molecule has 4 rings (SSSR count). The van der Waals surface area contributed by atoms with Gasteiger partial charge in [-0.2, -0.15) is 8.78 Å². The van der Waals surface area contributed by atoms with E-state index in [2.05, 4.69) is 15.7 Å². The highest BCUT2D eigenvalue weighted by molar-refractivity contribution is 6.29. The zero-order valence-corrected chi connectivity index (χ0v) is 21.1. The molecule has 2 aliphatic heterocycles. The molecule has 2 aromatic rings. The van der Waals surface area contributed by atoms with Gasteiger partial charge in [0.15, 0.2) is 11.6 Å². The van der Waals surface area contributed by atoms with E-state index in [9.17, 15) is 23.2 Å². The van der Waals surface area contributed by atoms with Gasteiger partial charge in [0.1, 0.15) is 16.9 Å². The fourth-order valence-corrected chi connectivity index (χ4v) is 4.16. The Bertz CT molecular complexity index is 1200. The molecule has 4 amide bonds. The lowest BCUT2D eigenvalue weighted by atomic mass is 10.2. The van der Waals surface area contributed by atoms with Crippen molar-refractivity contribution in [3.05, 3.63) is 52.8 Å².